The number of carbonyl (C=O) groups excluding carboxylic acids is 1. The fourth-order valence-electron chi connectivity index (χ4n) is 1.27. The van der Waals surface area contributed by atoms with Gasteiger partial charge in [0.2, 0.25) is 0 Å². The summed E-state index contributed by atoms with van der Waals surface area (Å²) in [6, 6.07) is 5.59. The Balaban J connectivity index is 2.59. The number of rotatable bonds is 3. The number of nitrogens with zero attached hydrogens (tertiary/aromatic N) is 1. The summed E-state index contributed by atoms with van der Waals surface area (Å²) in [5.41, 5.74) is 5.37. The highest BCUT2D eigenvalue weighted by molar-refractivity contribution is 5.90. The van der Waals surface area contributed by atoms with Crippen LogP contribution in [0.1, 0.15) is 25.0 Å². The molecular weight excluding hydrogens is 214 g/mol. The molecule has 0 aliphatic heterocycles. The van der Waals surface area contributed by atoms with Crippen molar-refractivity contribution < 1.29 is 4.79 Å². The summed E-state index contributed by atoms with van der Waals surface area (Å²) in [6.07, 6.45) is 1.68. The van der Waals surface area contributed by atoms with Crippen LogP contribution in [0.2, 0.25) is 0 Å². The summed E-state index contributed by atoms with van der Waals surface area (Å²) in [6.45, 7) is 7.92. The van der Waals surface area contributed by atoms with Gasteiger partial charge in [-0.1, -0.05) is 26.0 Å². The molecule has 0 heterocycles. The lowest BCUT2D eigenvalue weighted by atomic mass is 10.1. The van der Waals surface area contributed by atoms with E-state index in [4.69, 9.17) is 0 Å². The number of benzene rings is 1. The number of carbonyl (C=O) groups is 1. The fourth-order valence-corrected chi connectivity index (χ4v) is 1.27. The van der Waals surface area contributed by atoms with Crippen molar-refractivity contribution in [3.8, 4) is 0 Å². The van der Waals surface area contributed by atoms with Crippen molar-refractivity contribution in [2.45, 2.75) is 27.7 Å². The third-order valence-corrected chi connectivity index (χ3v) is 2.18. The van der Waals surface area contributed by atoms with Crippen LogP contribution >= 0.6 is 0 Å². The van der Waals surface area contributed by atoms with Crippen molar-refractivity contribution in [1.29, 1.82) is 0 Å². The monoisotopic (exact) mass is 233 g/mol. The highest BCUT2D eigenvalue weighted by atomic mass is 16.2. The Labute approximate surface area is 102 Å². The molecule has 2 N–H and O–H groups in total. The molecule has 4 nitrogen and oxygen atoms in total. The lowest BCUT2D eigenvalue weighted by Crippen LogP contribution is -2.24. The van der Waals surface area contributed by atoms with Gasteiger partial charge in [-0.05, 0) is 37.0 Å². The van der Waals surface area contributed by atoms with Crippen molar-refractivity contribution >= 4 is 17.9 Å². The smallest absolute Gasteiger partial charge is 0.306 e. The van der Waals surface area contributed by atoms with E-state index < -0.39 is 0 Å². The molecular formula is C13H19N3O. The van der Waals surface area contributed by atoms with Crippen LogP contribution in [-0.4, -0.2) is 12.2 Å². The van der Waals surface area contributed by atoms with Gasteiger partial charge in [0.25, 0.3) is 0 Å². The average Bonchev–Trinajstić information content (AvgIpc) is 2.23. The largest absolute Gasteiger partial charge is 0.339 e. The standard InChI is InChI=1S/C13H19N3O/c1-9(2)8-14-16-13(17)15-12-7-10(3)5-6-11(12)4/h5-9H,1-4H3,(H2,15,16,17)/b14-8+. The molecule has 1 aromatic rings. The van der Waals surface area contributed by atoms with Gasteiger partial charge in [0.1, 0.15) is 0 Å². The highest BCUT2D eigenvalue weighted by Crippen LogP contribution is 2.15. The molecule has 0 radical (unpaired) electrons. The number of anilines is 1. The fraction of sp³-hybridized carbons (Fsp3) is 0.385. The number of hydrogen-bond acceptors (Lipinski definition) is 2. The maximum atomic E-state index is 11.5. The van der Waals surface area contributed by atoms with Crippen molar-refractivity contribution in [3.63, 3.8) is 0 Å². The van der Waals surface area contributed by atoms with Crippen LogP contribution in [0.25, 0.3) is 0 Å². The Morgan fingerprint density at radius 1 is 1.35 bits per heavy atom. The van der Waals surface area contributed by atoms with Gasteiger partial charge in [-0.3, -0.25) is 0 Å². The Bertz CT molecular complexity index is 425. The summed E-state index contributed by atoms with van der Waals surface area (Å²) in [4.78, 5) is 11.5. The molecule has 4 heteroatoms. The highest BCUT2D eigenvalue weighted by Gasteiger charge is 2.03. The maximum Gasteiger partial charge on any atom is 0.339 e. The topological polar surface area (TPSA) is 53.5 Å². The molecule has 0 atom stereocenters. The van der Waals surface area contributed by atoms with Crippen LogP contribution in [0, 0.1) is 19.8 Å². The second kappa shape index (κ2) is 6.03. The average molecular weight is 233 g/mol. The van der Waals surface area contributed by atoms with Gasteiger partial charge in [0.15, 0.2) is 0 Å². The van der Waals surface area contributed by atoms with E-state index in [1.54, 1.807) is 6.21 Å². The van der Waals surface area contributed by atoms with Crippen LogP contribution in [0.4, 0.5) is 10.5 Å². The van der Waals surface area contributed by atoms with Crippen molar-refractivity contribution in [3.05, 3.63) is 29.3 Å². The Morgan fingerprint density at radius 2 is 2.06 bits per heavy atom. The minimum Gasteiger partial charge on any atom is -0.306 e. The summed E-state index contributed by atoms with van der Waals surface area (Å²) in [5, 5.41) is 6.59. The van der Waals surface area contributed by atoms with E-state index in [2.05, 4.69) is 15.8 Å². The number of hydrogen-bond donors (Lipinski definition) is 2. The minimum absolute atomic E-state index is 0.316. The third kappa shape index (κ3) is 4.68. The Kier molecular flexibility index (Phi) is 4.69. The van der Waals surface area contributed by atoms with Gasteiger partial charge < -0.3 is 5.32 Å². The SMILES string of the molecule is Cc1ccc(C)c(NC(=O)N/N=C/C(C)C)c1. The van der Waals surface area contributed by atoms with Crippen LogP contribution in [-0.2, 0) is 0 Å². The van der Waals surface area contributed by atoms with Gasteiger partial charge in [0, 0.05) is 11.9 Å². The third-order valence-electron chi connectivity index (χ3n) is 2.18. The lowest BCUT2D eigenvalue weighted by molar-refractivity contribution is 0.252. The predicted molar refractivity (Wildman–Crippen MR) is 71.4 cm³/mol. The molecule has 0 aliphatic carbocycles. The van der Waals surface area contributed by atoms with E-state index in [1.807, 2.05) is 45.9 Å². The number of aryl methyl sites for hydroxylation is 2. The molecule has 2 amide bonds. The maximum absolute atomic E-state index is 11.5. The van der Waals surface area contributed by atoms with Gasteiger partial charge in [-0.25, -0.2) is 10.2 Å². The van der Waals surface area contributed by atoms with E-state index in [9.17, 15) is 4.79 Å². The number of hydrazone groups is 1. The van der Waals surface area contributed by atoms with Crippen molar-refractivity contribution in [1.82, 2.24) is 5.43 Å². The first kappa shape index (κ1) is 13.2. The first-order chi connectivity index (χ1) is 7.99. The Morgan fingerprint density at radius 3 is 2.71 bits per heavy atom. The van der Waals surface area contributed by atoms with Gasteiger partial charge in [-0.15, -0.1) is 0 Å². The molecule has 0 bridgehead atoms. The summed E-state index contributed by atoms with van der Waals surface area (Å²) < 4.78 is 0. The molecule has 0 saturated heterocycles. The van der Waals surface area contributed by atoms with Crippen LogP contribution in [0.15, 0.2) is 23.3 Å². The molecule has 0 aromatic heterocycles. The van der Waals surface area contributed by atoms with Crippen LogP contribution in [0.5, 0.6) is 0 Å². The van der Waals surface area contributed by atoms with Gasteiger partial charge >= 0.3 is 6.03 Å². The van der Waals surface area contributed by atoms with E-state index >= 15 is 0 Å². The molecule has 0 fully saturated rings. The Hall–Kier alpha value is -1.84. The quantitative estimate of drug-likeness (QED) is 0.612. The minimum atomic E-state index is -0.324. The molecule has 17 heavy (non-hydrogen) atoms. The van der Waals surface area contributed by atoms with Crippen LogP contribution < -0.4 is 10.7 Å². The molecule has 0 aliphatic rings. The summed E-state index contributed by atoms with van der Waals surface area (Å²) in [5.74, 6) is 0.316. The van der Waals surface area contributed by atoms with E-state index in [0.717, 1.165) is 16.8 Å². The number of amides is 2. The van der Waals surface area contributed by atoms with Crippen molar-refractivity contribution in [2.75, 3.05) is 5.32 Å². The first-order valence-electron chi connectivity index (χ1n) is 5.66. The summed E-state index contributed by atoms with van der Waals surface area (Å²) >= 11 is 0. The van der Waals surface area contributed by atoms with E-state index in [0.29, 0.717) is 5.92 Å². The van der Waals surface area contributed by atoms with Crippen LogP contribution in [0.3, 0.4) is 0 Å². The second-order valence-corrected chi connectivity index (χ2v) is 4.41. The zero-order valence-corrected chi connectivity index (χ0v) is 10.7. The summed E-state index contributed by atoms with van der Waals surface area (Å²) in [7, 11) is 0. The lowest BCUT2D eigenvalue weighted by Gasteiger charge is -2.08. The number of urea groups is 1. The number of nitrogens with one attached hydrogen (secondary N) is 2. The molecule has 92 valence electrons. The molecule has 1 aromatic carbocycles. The molecule has 0 unspecified atom stereocenters. The zero-order valence-electron chi connectivity index (χ0n) is 10.7. The van der Waals surface area contributed by atoms with Gasteiger partial charge in [0.05, 0.1) is 0 Å². The molecule has 0 saturated carbocycles. The first-order valence-corrected chi connectivity index (χ1v) is 5.66. The zero-order chi connectivity index (χ0) is 12.8. The van der Waals surface area contributed by atoms with E-state index in [1.165, 1.54) is 0 Å². The molecule has 1 rings (SSSR count). The van der Waals surface area contributed by atoms with Gasteiger partial charge in [-0.2, -0.15) is 5.10 Å². The normalized spacial score (nSPS) is 10.9. The molecule has 0 spiro atoms. The predicted octanol–water partition coefficient (Wildman–Crippen LogP) is 3.07. The van der Waals surface area contributed by atoms with Crippen molar-refractivity contribution in [2.24, 2.45) is 11.0 Å². The van der Waals surface area contributed by atoms with E-state index in [-0.39, 0.29) is 6.03 Å². The second-order valence-electron chi connectivity index (χ2n) is 4.41.